The highest BCUT2D eigenvalue weighted by Gasteiger charge is 2.18. The minimum atomic E-state index is 0.377. The molecule has 3 nitrogen and oxygen atoms in total. The molecule has 0 radical (unpaired) electrons. The van der Waals surface area contributed by atoms with E-state index in [1.54, 1.807) is 0 Å². The van der Waals surface area contributed by atoms with Crippen molar-refractivity contribution in [2.24, 2.45) is 0 Å². The molecule has 0 spiro atoms. The summed E-state index contributed by atoms with van der Waals surface area (Å²) in [6.45, 7) is 5.95. The monoisotopic (exact) mass is 230 g/mol. The summed E-state index contributed by atoms with van der Waals surface area (Å²) in [6.07, 6.45) is 1.45. The van der Waals surface area contributed by atoms with Crippen LogP contribution in [-0.4, -0.2) is 30.7 Å². The Morgan fingerprint density at radius 1 is 1.41 bits per heavy atom. The summed E-state index contributed by atoms with van der Waals surface area (Å²) in [6, 6.07) is 9.98. The lowest BCUT2D eigenvalue weighted by atomic mass is 10.1. The Labute approximate surface area is 103 Å². The Hall–Kier alpha value is -1.37. The molecule has 17 heavy (non-hydrogen) atoms. The highest BCUT2D eigenvalue weighted by molar-refractivity contribution is 5.31. The Bertz CT molecular complexity index is 394. The maximum atomic E-state index is 8.74. The number of nitriles is 1. The van der Waals surface area contributed by atoms with Crippen LogP contribution in [-0.2, 0) is 11.3 Å². The number of benzene rings is 1. The molecule has 0 aliphatic carbocycles. The largest absolute Gasteiger partial charge is 0.376 e. The molecule has 1 aromatic carbocycles. The van der Waals surface area contributed by atoms with E-state index < -0.39 is 0 Å². The van der Waals surface area contributed by atoms with Crippen molar-refractivity contribution in [3.8, 4) is 6.07 Å². The van der Waals surface area contributed by atoms with Crippen LogP contribution in [0.15, 0.2) is 24.3 Å². The van der Waals surface area contributed by atoms with Gasteiger partial charge in [-0.1, -0.05) is 19.1 Å². The first kappa shape index (κ1) is 12.1. The smallest absolute Gasteiger partial charge is 0.0991 e. The van der Waals surface area contributed by atoms with Gasteiger partial charge in [-0.3, -0.25) is 4.90 Å². The van der Waals surface area contributed by atoms with E-state index in [9.17, 15) is 0 Å². The lowest BCUT2D eigenvalue weighted by Gasteiger charge is -2.32. The summed E-state index contributed by atoms with van der Waals surface area (Å²) in [5, 5.41) is 8.74. The van der Waals surface area contributed by atoms with Crippen molar-refractivity contribution in [3.63, 3.8) is 0 Å². The van der Waals surface area contributed by atoms with Gasteiger partial charge in [0.15, 0.2) is 0 Å². The van der Waals surface area contributed by atoms with Crippen LogP contribution >= 0.6 is 0 Å². The van der Waals surface area contributed by atoms with Gasteiger partial charge in [-0.25, -0.2) is 0 Å². The molecule has 1 aliphatic rings. The number of nitrogens with zero attached hydrogens (tertiary/aromatic N) is 2. The van der Waals surface area contributed by atoms with E-state index >= 15 is 0 Å². The number of hydrogen-bond acceptors (Lipinski definition) is 3. The van der Waals surface area contributed by atoms with Crippen LogP contribution in [0.2, 0.25) is 0 Å². The number of morpholine rings is 1. The standard InChI is InChI=1S/C14H18N2O/c1-2-14-11-16(7-8-17-14)10-13-5-3-12(9-15)4-6-13/h3-6,14H,2,7-8,10-11H2,1H3/t14-/m0/s1. The van der Waals surface area contributed by atoms with Crippen molar-refractivity contribution in [3.05, 3.63) is 35.4 Å². The summed E-state index contributed by atoms with van der Waals surface area (Å²) in [4.78, 5) is 2.42. The molecule has 1 heterocycles. The normalized spacial score (nSPS) is 21.1. The molecule has 0 saturated carbocycles. The molecule has 0 unspecified atom stereocenters. The van der Waals surface area contributed by atoms with E-state index in [1.165, 1.54) is 5.56 Å². The first-order valence-corrected chi connectivity index (χ1v) is 6.15. The van der Waals surface area contributed by atoms with Gasteiger partial charge in [0.05, 0.1) is 24.3 Å². The molecule has 2 rings (SSSR count). The van der Waals surface area contributed by atoms with Crippen LogP contribution in [0.4, 0.5) is 0 Å². The van der Waals surface area contributed by atoms with Gasteiger partial charge in [0, 0.05) is 19.6 Å². The second-order valence-corrected chi connectivity index (χ2v) is 4.44. The maximum Gasteiger partial charge on any atom is 0.0991 e. The molecule has 1 saturated heterocycles. The fourth-order valence-electron chi connectivity index (χ4n) is 2.11. The van der Waals surface area contributed by atoms with Crippen LogP contribution in [0.25, 0.3) is 0 Å². The van der Waals surface area contributed by atoms with E-state index in [-0.39, 0.29) is 0 Å². The molecule has 90 valence electrons. The second-order valence-electron chi connectivity index (χ2n) is 4.44. The molecule has 1 atom stereocenters. The molecule has 0 amide bonds. The molecule has 0 aromatic heterocycles. The molecule has 1 aliphatic heterocycles. The van der Waals surface area contributed by atoms with Gasteiger partial charge in [0.25, 0.3) is 0 Å². The van der Waals surface area contributed by atoms with Gasteiger partial charge in [-0.2, -0.15) is 5.26 Å². The van der Waals surface area contributed by atoms with E-state index in [0.29, 0.717) is 6.10 Å². The van der Waals surface area contributed by atoms with E-state index in [0.717, 1.165) is 38.2 Å². The van der Waals surface area contributed by atoms with Gasteiger partial charge >= 0.3 is 0 Å². The zero-order valence-electron chi connectivity index (χ0n) is 10.2. The predicted octanol–water partition coefficient (Wildman–Crippen LogP) is 2.17. The van der Waals surface area contributed by atoms with Gasteiger partial charge in [0.2, 0.25) is 0 Å². The van der Waals surface area contributed by atoms with Crippen molar-refractivity contribution in [2.45, 2.75) is 26.0 Å². The van der Waals surface area contributed by atoms with Crippen LogP contribution in [0.1, 0.15) is 24.5 Å². The van der Waals surface area contributed by atoms with Crippen LogP contribution in [0.5, 0.6) is 0 Å². The molecule has 1 fully saturated rings. The van der Waals surface area contributed by atoms with Gasteiger partial charge < -0.3 is 4.74 Å². The summed E-state index contributed by atoms with van der Waals surface area (Å²) in [5.74, 6) is 0. The lowest BCUT2D eigenvalue weighted by molar-refractivity contribution is -0.0324. The Kier molecular flexibility index (Phi) is 4.13. The molecule has 0 N–H and O–H groups in total. The van der Waals surface area contributed by atoms with Crippen molar-refractivity contribution in [1.29, 1.82) is 5.26 Å². The van der Waals surface area contributed by atoms with Crippen molar-refractivity contribution in [1.82, 2.24) is 4.90 Å². The summed E-state index contributed by atoms with van der Waals surface area (Å²) in [7, 11) is 0. The van der Waals surface area contributed by atoms with Crippen LogP contribution in [0, 0.1) is 11.3 Å². The number of rotatable bonds is 3. The Balaban J connectivity index is 1.93. The highest BCUT2D eigenvalue weighted by Crippen LogP contribution is 2.12. The average molecular weight is 230 g/mol. The predicted molar refractivity (Wildman–Crippen MR) is 66.5 cm³/mol. The molecule has 1 aromatic rings. The van der Waals surface area contributed by atoms with Gasteiger partial charge in [-0.05, 0) is 24.1 Å². The fourth-order valence-corrected chi connectivity index (χ4v) is 2.11. The summed E-state index contributed by atoms with van der Waals surface area (Å²) in [5.41, 5.74) is 1.99. The minimum Gasteiger partial charge on any atom is -0.376 e. The zero-order chi connectivity index (χ0) is 12.1. The minimum absolute atomic E-state index is 0.377. The topological polar surface area (TPSA) is 36.3 Å². The van der Waals surface area contributed by atoms with Crippen molar-refractivity contribution < 1.29 is 4.74 Å². The summed E-state index contributed by atoms with van der Waals surface area (Å²) < 4.78 is 5.65. The first-order valence-electron chi connectivity index (χ1n) is 6.15. The van der Waals surface area contributed by atoms with Gasteiger partial charge in [-0.15, -0.1) is 0 Å². The molecular formula is C14H18N2O. The third kappa shape index (κ3) is 3.29. The van der Waals surface area contributed by atoms with Crippen LogP contribution < -0.4 is 0 Å². The molecule has 3 heteroatoms. The summed E-state index contributed by atoms with van der Waals surface area (Å²) >= 11 is 0. The quantitative estimate of drug-likeness (QED) is 0.798. The lowest BCUT2D eigenvalue weighted by Crippen LogP contribution is -2.41. The molecular weight excluding hydrogens is 212 g/mol. The van der Waals surface area contributed by atoms with Crippen molar-refractivity contribution in [2.75, 3.05) is 19.7 Å². The van der Waals surface area contributed by atoms with E-state index in [2.05, 4.69) is 17.9 Å². The third-order valence-electron chi connectivity index (χ3n) is 3.17. The zero-order valence-corrected chi connectivity index (χ0v) is 10.2. The average Bonchev–Trinajstić information content (AvgIpc) is 2.40. The first-order chi connectivity index (χ1) is 8.31. The fraction of sp³-hybridized carbons (Fsp3) is 0.500. The SMILES string of the molecule is CC[C@H]1CN(Cc2ccc(C#N)cc2)CCO1. The van der Waals surface area contributed by atoms with E-state index in [1.807, 2.05) is 24.3 Å². The Morgan fingerprint density at radius 2 is 2.18 bits per heavy atom. The van der Waals surface area contributed by atoms with Crippen molar-refractivity contribution >= 4 is 0 Å². The van der Waals surface area contributed by atoms with E-state index in [4.69, 9.17) is 10.00 Å². The number of ether oxygens (including phenoxy) is 1. The highest BCUT2D eigenvalue weighted by atomic mass is 16.5. The van der Waals surface area contributed by atoms with Gasteiger partial charge in [0.1, 0.15) is 0 Å². The molecule has 0 bridgehead atoms. The Morgan fingerprint density at radius 3 is 2.82 bits per heavy atom. The number of hydrogen-bond donors (Lipinski definition) is 0. The third-order valence-corrected chi connectivity index (χ3v) is 3.17. The second kappa shape index (κ2) is 5.81. The maximum absolute atomic E-state index is 8.74. The van der Waals surface area contributed by atoms with Crippen LogP contribution in [0.3, 0.4) is 0 Å².